The zero-order chi connectivity index (χ0) is 4.99. The molecule has 0 fully saturated rings. The summed E-state index contributed by atoms with van der Waals surface area (Å²) in [4.78, 5) is 9.88. The molecule has 0 heterocycles. The first-order valence-corrected chi connectivity index (χ1v) is 2.46. The molecule has 3 radical (unpaired) electrons. The van der Waals surface area contributed by atoms with E-state index in [1.807, 2.05) is 0 Å². The first-order chi connectivity index (χ1) is 2.81. The summed E-state index contributed by atoms with van der Waals surface area (Å²) in [6.07, 6.45) is 0. The maximum atomic E-state index is 9.88. The van der Waals surface area contributed by atoms with Crippen LogP contribution in [-0.4, -0.2) is 22.6 Å². The maximum absolute atomic E-state index is 9.88. The Labute approximate surface area is 95.1 Å². The van der Waals surface area contributed by atoms with Crippen molar-refractivity contribution >= 4 is 17.0 Å². The van der Waals surface area contributed by atoms with Gasteiger partial charge in [-0.2, -0.15) is 0 Å². The van der Waals surface area contributed by atoms with Crippen molar-refractivity contribution in [1.29, 1.82) is 0 Å². The van der Waals surface area contributed by atoms with Gasteiger partial charge >= 0.3 is 51.4 Å². The van der Waals surface area contributed by atoms with E-state index in [0.717, 1.165) is 0 Å². The van der Waals surface area contributed by atoms with Crippen molar-refractivity contribution in [1.82, 2.24) is 0 Å². The zero-order valence-corrected chi connectivity index (χ0v) is 9.27. The summed E-state index contributed by atoms with van der Waals surface area (Å²) in [7, 11) is 0.817. The van der Waals surface area contributed by atoms with Crippen molar-refractivity contribution in [2.75, 3.05) is 14.2 Å². The van der Waals surface area contributed by atoms with E-state index in [-0.39, 0.29) is 59.8 Å². The minimum atomic E-state index is -1.83. The molecule has 3 nitrogen and oxygen atoms in total. The van der Waals surface area contributed by atoms with Crippen molar-refractivity contribution in [3.63, 3.8) is 0 Å². The van der Waals surface area contributed by atoms with E-state index in [2.05, 4.69) is 9.05 Å². The quantitative estimate of drug-likeness (QED) is 0.310. The predicted molar refractivity (Wildman–Crippen MR) is 26.7 cm³/mol. The van der Waals surface area contributed by atoms with Gasteiger partial charge in [-0.05, 0) is 0 Å². The second kappa shape index (κ2) is 11.8. The van der Waals surface area contributed by atoms with Crippen LogP contribution < -0.4 is 56.3 Å². The van der Waals surface area contributed by atoms with E-state index in [1.165, 1.54) is 14.2 Å². The van der Waals surface area contributed by atoms with Gasteiger partial charge in [-0.25, -0.2) is 0 Å². The summed E-state index contributed by atoms with van der Waals surface area (Å²) < 4.78 is 8.37. The van der Waals surface area contributed by atoms with Crippen LogP contribution in [0.15, 0.2) is 0 Å². The molecular formula is C2H6BKO3P. The van der Waals surface area contributed by atoms with E-state index in [1.54, 1.807) is 0 Å². The molecule has 0 N–H and O–H groups in total. The molecule has 0 aromatic carbocycles. The standard InChI is InChI=1S/C2H6O3P.B.K/c1-4-6(3)5-2;;/h1-2H3;;/q-1;;+1. The maximum Gasteiger partial charge on any atom is 1.00 e. The van der Waals surface area contributed by atoms with Crippen molar-refractivity contribution < 1.29 is 65.3 Å². The van der Waals surface area contributed by atoms with Gasteiger partial charge in [0.15, 0.2) is 0 Å². The SMILES string of the molecule is COP([O-])OC.[B].[K+]. The number of hydrogen-bond acceptors (Lipinski definition) is 3. The van der Waals surface area contributed by atoms with Crippen LogP contribution in [0, 0.1) is 0 Å². The summed E-state index contributed by atoms with van der Waals surface area (Å²) in [5.74, 6) is 0. The van der Waals surface area contributed by atoms with Crippen LogP contribution in [-0.2, 0) is 9.05 Å². The smallest absolute Gasteiger partial charge is 0.786 e. The molecule has 0 aromatic rings. The molecule has 0 saturated carbocycles. The fourth-order valence-electron chi connectivity index (χ4n) is 0.0745. The van der Waals surface area contributed by atoms with Gasteiger partial charge in [0.2, 0.25) is 0 Å². The van der Waals surface area contributed by atoms with Gasteiger partial charge in [-0.15, -0.1) is 0 Å². The third-order valence-corrected chi connectivity index (χ3v) is 0.894. The summed E-state index contributed by atoms with van der Waals surface area (Å²) in [5, 5.41) is 0. The van der Waals surface area contributed by atoms with Crippen LogP contribution in [0.2, 0.25) is 0 Å². The van der Waals surface area contributed by atoms with E-state index in [9.17, 15) is 4.89 Å². The molecule has 0 spiro atoms. The Bertz CT molecular complexity index is 36.5. The van der Waals surface area contributed by atoms with Gasteiger partial charge in [-0.1, -0.05) is 0 Å². The third-order valence-electron chi connectivity index (χ3n) is 0.298. The molecule has 0 amide bonds. The Balaban J connectivity index is -0.000000125. The van der Waals surface area contributed by atoms with Crippen molar-refractivity contribution in [2.24, 2.45) is 0 Å². The van der Waals surface area contributed by atoms with Gasteiger partial charge in [0.1, 0.15) is 0 Å². The Kier molecular flexibility index (Phi) is 24.3. The Morgan fingerprint density at radius 1 is 1.25 bits per heavy atom. The summed E-state index contributed by atoms with van der Waals surface area (Å²) in [6.45, 7) is 0. The normalized spacial score (nSPS) is 7.50. The van der Waals surface area contributed by atoms with Crippen LogP contribution in [0.4, 0.5) is 0 Å². The van der Waals surface area contributed by atoms with E-state index >= 15 is 0 Å². The minimum absolute atomic E-state index is 0. The molecule has 6 heteroatoms. The number of hydrogen-bond donors (Lipinski definition) is 0. The summed E-state index contributed by atoms with van der Waals surface area (Å²) in [5.41, 5.74) is 0. The molecule has 0 unspecified atom stereocenters. The van der Waals surface area contributed by atoms with Crippen LogP contribution in [0.25, 0.3) is 0 Å². The molecule has 0 aromatic heterocycles. The Morgan fingerprint density at radius 2 is 1.50 bits per heavy atom. The average Bonchev–Trinajstić information content (AvgIpc) is 1.65. The summed E-state index contributed by atoms with van der Waals surface area (Å²) >= 11 is 0. The topological polar surface area (TPSA) is 41.5 Å². The molecule has 0 aliphatic heterocycles. The van der Waals surface area contributed by atoms with Crippen molar-refractivity contribution in [3.8, 4) is 0 Å². The van der Waals surface area contributed by atoms with Gasteiger partial charge in [0.05, 0.1) is 8.60 Å². The minimum Gasteiger partial charge on any atom is -0.786 e. The molecule has 8 heavy (non-hydrogen) atoms. The van der Waals surface area contributed by atoms with Gasteiger partial charge in [-0.3, -0.25) is 0 Å². The Hall–Kier alpha value is 2.01. The fraction of sp³-hybridized carbons (Fsp3) is 1.00. The van der Waals surface area contributed by atoms with E-state index in [0.29, 0.717) is 0 Å². The molecule has 0 aliphatic rings. The van der Waals surface area contributed by atoms with Crippen LogP contribution in [0.3, 0.4) is 0 Å². The van der Waals surface area contributed by atoms with Crippen LogP contribution in [0.1, 0.15) is 0 Å². The summed E-state index contributed by atoms with van der Waals surface area (Å²) in [6, 6.07) is 0. The molecule has 0 rings (SSSR count). The van der Waals surface area contributed by atoms with Gasteiger partial charge in [0.25, 0.3) is 0 Å². The molecule has 0 bridgehead atoms. The fourth-order valence-corrected chi connectivity index (χ4v) is 0.224. The van der Waals surface area contributed by atoms with E-state index < -0.39 is 8.60 Å². The second-order valence-electron chi connectivity index (χ2n) is 0.589. The van der Waals surface area contributed by atoms with Crippen molar-refractivity contribution in [2.45, 2.75) is 0 Å². The van der Waals surface area contributed by atoms with Gasteiger partial charge < -0.3 is 13.9 Å². The number of rotatable bonds is 2. The first kappa shape index (κ1) is 16.5. The van der Waals surface area contributed by atoms with Gasteiger partial charge in [0, 0.05) is 22.6 Å². The predicted octanol–water partition coefficient (Wildman–Crippen LogP) is -3.51. The molecule has 0 aliphatic carbocycles. The van der Waals surface area contributed by atoms with E-state index in [4.69, 9.17) is 0 Å². The molecule has 41 valence electrons. The zero-order valence-electron chi connectivity index (χ0n) is 5.25. The van der Waals surface area contributed by atoms with Crippen LogP contribution in [0.5, 0.6) is 0 Å². The average molecular weight is 159 g/mol. The Morgan fingerprint density at radius 3 is 1.50 bits per heavy atom. The third kappa shape index (κ3) is 10.9. The largest absolute Gasteiger partial charge is 1.00 e. The molecule has 0 saturated heterocycles. The second-order valence-corrected chi connectivity index (χ2v) is 1.77. The first-order valence-electron chi connectivity index (χ1n) is 1.36. The molecule has 0 atom stereocenters. The van der Waals surface area contributed by atoms with Crippen LogP contribution >= 0.6 is 8.60 Å². The van der Waals surface area contributed by atoms with Crippen molar-refractivity contribution in [3.05, 3.63) is 0 Å². The molecular weight excluding hydrogens is 153 g/mol. The monoisotopic (exact) mass is 159 g/mol.